The number of sulfonamides is 2. The summed E-state index contributed by atoms with van der Waals surface area (Å²) in [7, 11) is -7.55. The Balaban J connectivity index is 1.66. The van der Waals surface area contributed by atoms with Gasteiger partial charge in [-0.05, 0) is 24.1 Å². The van der Waals surface area contributed by atoms with Crippen LogP contribution in [0.3, 0.4) is 0 Å². The highest BCUT2D eigenvalue weighted by Crippen LogP contribution is 2.37. The summed E-state index contributed by atoms with van der Waals surface area (Å²) in [4.78, 5) is -0.0126. The van der Waals surface area contributed by atoms with Crippen LogP contribution >= 0.6 is 0 Å². The van der Waals surface area contributed by atoms with Crippen LogP contribution in [0.5, 0.6) is 0 Å². The van der Waals surface area contributed by atoms with Crippen molar-refractivity contribution in [3.63, 3.8) is 0 Å². The highest BCUT2D eigenvalue weighted by atomic mass is 32.2. The van der Waals surface area contributed by atoms with Crippen LogP contribution in [0.4, 0.5) is 8.78 Å². The van der Waals surface area contributed by atoms with Gasteiger partial charge in [0.15, 0.2) is 0 Å². The van der Waals surface area contributed by atoms with Gasteiger partial charge in [-0.25, -0.2) is 21.6 Å². The maximum absolute atomic E-state index is 13.2. The number of alkyl halides is 2. The maximum atomic E-state index is 13.2. The second kappa shape index (κ2) is 7.60. The first kappa shape index (κ1) is 21.2. The fourth-order valence-electron chi connectivity index (χ4n) is 3.63. The molecule has 30 heavy (non-hydrogen) atoms. The van der Waals surface area contributed by atoms with Crippen LogP contribution in [0.15, 0.2) is 27.5 Å². The molecule has 2 aromatic rings. The molecule has 0 amide bonds. The molecule has 164 valence electrons. The van der Waals surface area contributed by atoms with Crippen LogP contribution < -0.4 is 4.72 Å². The second-order valence-electron chi connectivity index (χ2n) is 7.05. The zero-order valence-corrected chi connectivity index (χ0v) is 17.3. The number of benzene rings is 1. The van der Waals surface area contributed by atoms with Crippen molar-refractivity contribution in [1.29, 1.82) is 0 Å². The van der Waals surface area contributed by atoms with Crippen LogP contribution in [0.2, 0.25) is 0 Å². The fraction of sp³-hybridized carbons (Fsp3) is 0.500. The van der Waals surface area contributed by atoms with Gasteiger partial charge in [0, 0.05) is 24.8 Å². The van der Waals surface area contributed by atoms with Crippen molar-refractivity contribution in [2.24, 2.45) is 0 Å². The summed E-state index contributed by atoms with van der Waals surface area (Å²) >= 11 is 0. The quantitative estimate of drug-likeness (QED) is 0.690. The standard InChI is InChI=1S/C16H18F2N4O6S2/c1-29(23,24)21-11-8-27-5-4-12(11)22-7-10-3-2-9(6-13(10)30(22,25)26)15-19-20-16(28-15)14(17)18/h2-3,6,11-12,14,21H,4-5,7-8H2,1H3/t11-,12-/m1/s1. The Morgan fingerprint density at radius 1 is 1.30 bits per heavy atom. The summed E-state index contributed by atoms with van der Waals surface area (Å²) in [6.07, 6.45) is -1.63. The van der Waals surface area contributed by atoms with Crippen molar-refractivity contribution >= 4 is 20.0 Å². The van der Waals surface area contributed by atoms with E-state index in [1.54, 1.807) is 6.07 Å². The Hall–Kier alpha value is -2.00. The minimum absolute atomic E-state index is 0.0126. The van der Waals surface area contributed by atoms with Crippen molar-refractivity contribution in [2.45, 2.75) is 36.4 Å². The van der Waals surface area contributed by atoms with Gasteiger partial charge < -0.3 is 9.15 Å². The molecule has 4 rings (SSSR count). The van der Waals surface area contributed by atoms with Gasteiger partial charge in [0.05, 0.1) is 23.8 Å². The lowest BCUT2D eigenvalue weighted by molar-refractivity contribution is 0.0361. The third-order valence-electron chi connectivity index (χ3n) is 4.91. The van der Waals surface area contributed by atoms with E-state index in [1.165, 1.54) is 16.4 Å². The van der Waals surface area contributed by atoms with Gasteiger partial charge in [-0.2, -0.15) is 13.1 Å². The first-order valence-electron chi connectivity index (χ1n) is 8.88. The number of rotatable bonds is 5. The van der Waals surface area contributed by atoms with Crippen molar-refractivity contribution in [3.8, 4) is 11.5 Å². The molecular weight excluding hydrogens is 446 g/mol. The normalized spacial score (nSPS) is 24.3. The molecule has 14 heteroatoms. The first-order valence-corrected chi connectivity index (χ1v) is 12.2. The van der Waals surface area contributed by atoms with Gasteiger partial charge in [0.1, 0.15) is 0 Å². The molecule has 1 fully saturated rings. The molecule has 0 aliphatic carbocycles. The SMILES string of the molecule is CS(=O)(=O)N[C@@H]1COCC[C@H]1N1Cc2ccc(-c3nnc(C(F)F)o3)cc2S1(=O)=O. The highest BCUT2D eigenvalue weighted by molar-refractivity contribution is 7.89. The van der Waals surface area contributed by atoms with Gasteiger partial charge in [0.2, 0.25) is 25.9 Å². The zero-order valence-electron chi connectivity index (χ0n) is 15.7. The second-order valence-corrected chi connectivity index (χ2v) is 10.7. The monoisotopic (exact) mass is 464 g/mol. The smallest absolute Gasteiger partial charge is 0.314 e. The summed E-state index contributed by atoms with van der Waals surface area (Å²) in [5.41, 5.74) is 0.688. The largest absolute Gasteiger partial charge is 0.415 e. The Labute approximate surface area is 171 Å². The van der Waals surface area contributed by atoms with E-state index in [0.29, 0.717) is 18.6 Å². The lowest BCUT2D eigenvalue weighted by atomic mass is 10.0. The molecule has 1 aromatic heterocycles. The number of fused-ring (bicyclic) bond motifs is 1. The molecule has 3 heterocycles. The number of halogens is 2. The fourth-order valence-corrected chi connectivity index (χ4v) is 6.32. The molecule has 1 saturated heterocycles. The average Bonchev–Trinajstić information content (AvgIpc) is 3.24. The van der Waals surface area contributed by atoms with Gasteiger partial charge in [0.25, 0.3) is 5.89 Å². The Bertz CT molecular complexity index is 1170. The van der Waals surface area contributed by atoms with E-state index in [1.807, 2.05) is 0 Å². The Morgan fingerprint density at radius 3 is 2.73 bits per heavy atom. The lowest BCUT2D eigenvalue weighted by Crippen LogP contribution is -2.56. The van der Waals surface area contributed by atoms with Crippen LogP contribution in [0.1, 0.15) is 24.3 Å². The maximum Gasteiger partial charge on any atom is 0.314 e. The number of hydrogen-bond donors (Lipinski definition) is 1. The van der Waals surface area contributed by atoms with E-state index in [-0.39, 0.29) is 29.5 Å². The summed E-state index contributed by atoms with van der Waals surface area (Å²) in [6, 6.07) is 2.99. The van der Waals surface area contributed by atoms with Gasteiger partial charge in [-0.3, -0.25) is 0 Å². The minimum atomic E-state index is -3.97. The van der Waals surface area contributed by atoms with E-state index in [9.17, 15) is 25.6 Å². The van der Waals surface area contributed by atoms with Crippen molar-refractivity contribution in [3.05, 3.63) is 29.7 Å². The molecule has 1 aromatic carbocycles. The van der Waals surface area contributed by atoms with Crippen LogP contribution in [0, 0.1) is 0 Å². The summed E-state index contributed by atoms with van der Waals surface area (Å²) in [5.74, 6) is -1.07. The number of nitrogens with zero attached hydrogens (tertiary/aromatic N) is 3. The summed E-state index contributed by atoms with van der Waals surface area (Å²) < 4.78 is 89.1. The number of ether oxygens (including phenoxy) is 1. The van der Waals surface area contributed by atoms with E-state index in [0.717, 1.165) is 6.26 Å². The molecular formula is C16H18F2N4O6S2. The highest BCUT2D eigenvalue weighted by Gasteiger charge is 2.44. The number of hydrogen-bond acceptors (Lipinski definition) is 8. The molecule has 0 unspecified atom stereocenters. The Kier molecular flexibility index (Phi) is 5.38. The predicted octanol–water partition coefficient (Wildman–Crippen LogP) is 0.885. The van der Waals surface area contributed by atoms with Crippen molar-refractivity contribution in [1.82, 2.24) is 19.2 Å². The van der Waals surface area contributed by atoms with Gasteiger partial charge in [-0.15, -0.1) is 10.2 Å². The molecule has 10 nitrogen and oxygen atoms in total. The molecule has 0 bridgehead atoms. The van der Waals surface area contributed by atoms with Crippen molar-refractivity contribution < 1.29 is 34.8 Å². The van der Waals surface area contributed by atoms with E-state index >= 15 is 0 Å². The van der Waals surface area contributed by atoms with E-state index < -0.39 is 44.4 Å². The molecule has 0 radical (unpaired) electrons. The molecule has 0 spiro atoms. The molecule has 2 atom stereocenters. The number of aromatic nitrogens is 2. The topological polar surface area (TPSA) is 132 Å². The first-order chi connectivity index (χ1) is 14.1. The number of nitrogens with one attached hydrogen (secondary N) is 1. The average molecular weight is 464 g/mol. The van der Waals surface area contributed by atoms with Crippen LogP contribution in [-0.4, -0.2) is 62.9 Å². The lowest BCUT2D eigenvalue weighted by Gasteiger charge is -2.36. The third-order valence-corrected chi connectivity index (χ3v) is 7.59. The molecule has 2 aliphatic heterocycles. The van der Waals surface area contributed by atoms with Gasteiger partial charge >= 0.3 is 6.43 Å². The summed E-state index contributed by atoms with van der Waals surface area (Å²) in [5, 5.41) is 6.79. The molecule has 1 N–H and O–H groups in total. The van der Waals surface area contributed by atoms with Crippen LogP contribution in [-0.2, 0) is 31.3 Å². The predicted molar refractivity (Wildman–Crippen MR) is 98.4 cm³/mol. The molecule has 2 aliphatic rings. The van der Waals surface area contributed by atoms with Gasteiger partial charge in [-0.1, -0.05) is 6.07 Å². The molecule has 0 saturated carbocycles. The van der Waals surface area contributed by atoms with Crippen LogP contribution in [0.25, 0.3) is 11.5 Å². The summed E-state index contributed by atoms with van der Waals surface area (Å²) in [6.45, 7) is 0.388. The Morgan fingerprint density at radius 2 is 2.07 bits per heavy atom. The minimum Gasteiger partial charge on any atom is -0.415 e. The van der Waals surface area contributed by atoms with E-state index in [4.69, 9.17) is 9.15 Å². The van der Waals surface area contributed by atoms with Crippen molar-refractivity contribution in [2.75, 3.05) is 19.5 Å². The third kappa shape index (κ3) is 3.97. The van der Waals surface area contributed by atoms with E-state index in [2.05, 4.69) is 14.9 Å². The zero-order chi connectivity index (χ0) is 21.7.